The van der Waals surface area contributed by atoms with Gasteiger partial charge in [0, 0.05) is 5.56 Å². The highest BCUT2D eigenvalue weighted by Gasteiger charge is 2.11. The van der Waals surface area contributed by atoms with Crippen LogP contribution < -0.4 is 15.6 Å². The maximum absolute atomic E-state index is 12.0. The SMILES string of the molecule is Cc1ccc(C(=O)NNC(=O)COc2cc(C)ccc2C(C)C)cc1. The Hall–Kier alpha value is -2.82. The maximum atomic E-state index is 12.0. The largest absolute Gasteiger partial charge is 0.483 e. The highest BCUT2D eigenvalue weighted by Crippen LogP contribution is 2.27. The normalized spacial score (nSPS) is 10.4. The second kappa shape index (κ2) is 8.33. The standard InChI is InChI=1S/C20H24N2O3/c1-13(2)17-10-7-15(4)11-18(17)25-12-19(23)21-22-20(24)16-8-5-14(3)6-9-16/h5-11,13H,12H2,1-4H3,(H,21,23)(H,22,24). The molecule has 0 aliphatic rings. The Morgan fingerprint density at radius 2 is 1.60 bits per heavy atom. The van der Waals surface area contributed by atoms with E-state index in [1.54, 1.807) is 12.1 Å². The van der Waals surface area contributed by atoms with Crippen molar-refractivity contribution in [2.24, 2.45) is 0 Å². The average Bonchev–Trinajstić information content (AvgIpc) is 2.58. The Labute approximate surface area is 148 Å². The van der Waals surface area contributed by atoms with E-state index in [1.807, 2.05) is 44.2 Å². The summed E-state index contributed by atoms with van der Waals surface area (Å²) in [6.07, 6.45) is 0. The second-order valence-electron chi connectivity index (χ2n) is 6.35. The molecule has 0 bridgehead atoms. The average molecular weight is 340 g/mol. The molecule has 0 radical (unpaired) electrons. The molecule has 5 nitrogen and oxygen atoms in total. The summed E-state index contributed by atoms with van der Waals surface area (Å²) in [5, 5.41) is 0. The maximum Gasteiger partial charge on any atom is 0.276 e. The van der Waals surface area contributed by atoms with Crippen LogP contribution in [-0.2, 0) is 4.79 Å². The van der Waals surface area contributed by atoms with Crippen molar-refractivity contribution in [3.05, 3.63) is 64.7 Å². The fourth-order valence-electron chi connectivity index (χ4n) is 2.33. The summed E-state index contributed by atoms with van der Waals surface area (Å²) in [6.45, 7) is 7.88. The molecule has 0 aliphatic carbocycles. The van der Waals surface area contributed by atoms with Gasteiger partial charge in [0.25, 0.3) is 11.8 Å². The van der Waals surface area contributed by atoms with Gasteiger partial charge in [-0.2, -0.15) is 0 Å². The van der Waals surface area contributed by atoms with Gasteiger partial charge < -0.3 is 4.74 Å². The monoisotopic (exact) mass is 340 g/mol. The molecular weight excluding hydrogens is 316 g/mol. The van der Waals surface area contributed by atoms with Crippen molar-refractivity contribution < 1.29 is 14.3 Å². The smallest absolute Gasteiger partial charge is 0.276 e. The van der Waals surface area contributed by atoms with Crippen LogP contribution in [0.5, 0.6) is 5.75 Å². The molecule has 0 saturated heterocycles. The first-order valence-corrected chi connectivity index (χ1v) is 8.26. The molecule has 2 aromatic carbocycles. The van der Waals surface area contributed by atoms with E-state index in [1.165, 1.54) is 0 Å². The molecule has 0 unspecified atom stereocenters. The van der Waals surface area contributed by atoms with E-state index in [9.17, 15) is 9.59 Å². The summed E-state index contributed by atoms with van der Waals surface area (Å²) in [4.78, 5) is 23.9. The van der Waals surface area contributed by atoms with Crippen molar-refractivity contribution in [2.45, 2.75) is 33.6 Å². The lowest BCUT2D eigenvalue weighted by Gasteiger charge is -2.15. The Morgan fingerprint density at radius 1 is 0.960 bits per heavy atom. The Morgan fingerprint density at radius 3 is 2.24 bits per heavy atom. The van der Waals surface area contributed by atoms with Crippen LogP contribution in [0.4, 0.5) is 0 Å². The van der Waals surface area contributed by atoms with E-state index in [2.05, 4.69) is 24.7 Å². The molecule has 132 valence electrons. The molecule has 0 aromatic heterocycles. The molecule has 2 amide bonds. The number of amides is 2. The molecule has 0 spiro atoms. The minimum atomic E-state index is -0.420. The van der Waals surface area contributed by atoms with E-state index < -0.39 is 5.91 Å². The predicted octanol–water partition coefficient (Wildman–Crippen LogP) is 3.27. The van der Waals surface area contributed by atoms with Gasteiger partial charge in [-0.15, -0.1) is 0 Å². The van der Waals surface area contributed by atoms with Crippen LogP contribution in [0.15, 0.2) is 42.5 Å². The Balaban J connectivity index is 1.88. The molecular formula is C20H24N2O3. The third kappa shape index (κ3) is 5.35. The first-order chi connectivity index (χ1) is 11.9. The van der Waals surface area contributed by atoms with E-state index >= 15 is 0 Å². The van der Waals surface area contributed by atoms with Crippen LogP contribution in [0, 0.1) is 13.8 Å². The molecule has 0 aliphatic heterocycles. The number of carbonyl (C=O) groups excluding carboxylic acids is 2. The van der Waals surface area contributed by atoms with Gasteiger partial charge in [0.2, 0.25) is 0 Å². The number of aryl methyl sites for hydroxylation is 2. The number of hydrogen-bond donors (Lipinski definition) is 2. The summed E-state index contributed by atoms with van der Waals surface area (Å²) < 4.78 is 5.63. The van der Waals surface area contributed by atoms with Crippen LogP contribution in [0.25, 0.3) is 0 Å². The summed E-state index contributed by atoms with van der Waals surface area (Å²) in [5.74, 6) is 0.193. The van der Waals surface area contributed by atoms with Crippen molar-refractivity contribution >= 4 is 11.8 Å². The van der Waals surface area contributed by atoms with Crippen LogP contribution in [0.2, 0.25) is 0 Å². The van der Waals surface area contributed by atoms with Crippen LogP contribution in [0.1, 0.15) is 46.8 Å². The van der Waals surface area contributed by atoms with Crippen molar-refractivity contribution in [3.63, 3.8) is 0 Å². The Kier molecular flexibility index (Phi) is 6.17. The molecule has 0 fully saturated rings. The molecule has 0 saturated carbocycles. The molecule has 0 heterocycles. The Bertz CT molecular complexity index is 752. The lowest BCUT2D eigenvalue weighted by Crippen LogP contribution is -2.43. The first kappa shape index (κ1) is 18.5. The van der Waals surface area contributed by atoms with Gasteiger partial charge in [-0.3, -0.25) is 20.4 Å². The zero-order chi connectivity index (χ0) is 18.4. The van der Waals surface area contributed by atoms with Gasteiger partial charge >= 0.3 is 0 Å². The van der Waals surface area contributed by atoms with Gasteiger partial charge in [0.1, 0.15) is 5.75 Å². The van der Waals surface area contributed by atoms with Crippen LogP contribution in [-0.4, -0.2) is 18.4 Å². The number of benzene rings is 2. The molecule has 0 atom stereocenters. The molecule has 2 aromatic rings. The fourth-order valence-corrected chi connectivity index (χ4v) is 2.33. The van der Waals surface area contributed by atoms with E-state index in [0.717, 1.165) is 16.7 Å². The number of ether oxygens (including phenoxy) is 1. The van der Waals surface area contributed by atoms with E-state index in [0.29, 0.717) is 17.2 Å². The van der Waals surface area contributed by atoms with Gasteiger partial charge in [0.15, 0.2) is 6.61 Å². The number of rotatable bonds is 5. The lowest BCUT2D eigenvalue weighted by molar-refractivity contribution is -0.123. The minimum Gasteiger partial charge on any atom is -0.483 e. The van der Waals surface area contributed by atoms with Crippen LogP contribution >= 0.6 is 0 Å². The number of hydrogen-bond acceptors (Lipinski definition) is 3. The summed E-state index contributed by atoms with van der Waals surface area (Å²) in [6, 6.07) is 13.0. The summed E-state index contributed by atoms with van der Waals surface area (Å²) in [7, 11) is 0. The van der Waals surface area contributed by atoms with Crippen molar-refractivity contribution in [1.29, 1.82) is 0 Å². The molecule has 2 rings (SSSR count). The number of nitrogens with one attached hydrogen (secondary N) is 2. The van der Waals surface area contributed by atoms with Crippen LogP contribution in [0.3, 0.4) is 0 Å². The third-order valence-corrected chi connectivity index (χ3v) is 3.78. The summed E-state index contributed by atoms with van der Waals surface area (Å²) in [5.41, 5.74) is 8.40. The van der Waals surface area contributed by atoms with E-state index in [4.69, 9.17) is 4.74 Å². The van der Waals surface area contributed by atoms with Crippen molar-refractivity contribution in [3.8, 4) is 5.75 Å². The highest BCUT2D eigenvalue weighted by atomic mass is 16.5. The number of hydrazine groups is 1. The van der Waals surface area contributed by atoms with Crippen molar-refractivity contribution in [1.82, 2.24) is 10.9 Å². The lowest BCUT2D eigenvalue weighted by atomic mass is 10.0. The van der Waals surface area contributed by atoms with Crippen molar-refractivity contribution in [2.75, 3.05) is 6.61 Å². The van der Waals surface area contributed by atoms with Gasteiger partial charge in [-0.25, -0.2) is 0 Å². The first-order valence-electron chi connectivity index (χ1n) is 8.26. The quantitative estimate of drug-likeness (QED) is 0.821. The zero-order valence-corrected chi connectivity index (χ0v) is 15.1. The van der Waals surface area contributed by atoms with Gasteiger partial charge in [-0.1, -0.05) is 43.7 Å². The fraction of sp³-hybridized carbons (Fsp3) is 0.300. The zero-order valence-electron chi connectivity index (χ0n) is 15.1. The molecule has 5 heteroatoms. The minimum absolute atomic E-state index is 0.169. The topological polar surface area (TPSA) is 67.4 Å². The molecule has 2 N–H and O–H groups in total. The second-order valence-corrected chi connectivity index (χ2v) is 6.35. The van der Waals surface area contributed by atoms with Gasteiger partial charge in [-0.05, 0) is 49.1 Å². The van der Waals surface area contributed by atoms with Gasteiger partial charge in [0.05, 0.1) is 0 Å². The highest BCUT2D eigenvalue weighted by molar-refractivity contribution is 5.95. The third-order valence-electron chi connectivity index (χ3n) is 3.78. The molecule has 25 heavy (non-hydrogen) atoms. The predicted molar refractivity (Wildman–Crippen MR) is 97.6 cm³/mol. The number of carbonyl (C=O) groups is 2. The summed E-state index contributed by atoms with van der Waals surface area (Å²) >= 11 is 0. The van der Waals surface area contributed by atoms with E-state index in [-0.39, 0.29) is 12.5 Å².